The van der Waals surface area contributed by atoms with Crippen LogP contribution in [0, 0.1) is 0 Å². The van der Waals surface area contributed by atoms with Crippen LogP contribution in [0.25, 0.3) is 0 Å². The van der Waals surface area contributed by atoms with E-state index in [9.17, 15) is 4.79 Å². The van der Waals surface area contributed by atoms with Crippen LogP contribution < -0.4 is 16.0 Å². The van der Waals surface area contributed by atoms with Crippen LogP contribution in [0.4, 0.5) is 0 Å². The summed E-state index contributed by atoms with van der Waals surface area (Å²) in [6.07, 6.45) is 4.32. The van der Waals surface area contributed by atoms with Gasteiger partial charge in [0, 0.05) is 47.6 Å². The topological polar surface area (TPSA) is 62.4 Å². The monoisotopic (exact) mass is 367 g/mol. The molecule has 0 aromatic carbocycles. The third kappa shape index (κ3) is 6.82. The first-order chi connectivity index (χ1) is 11.7. The van der Waals surface area contributed by atoms with E-state index >= 15 is 0 Å². The SMILES string of the molecule is CC1(C)CC(NCCC(=O)OC2CC(C)(C)NC(C)(C)C2)CC(C)(C)N1. The molecule has 26 heavy (non-hydrogen) atoms. The lowest BCUT2D eigenvalue weighted by Crippen LogP contribution is -2.61. The van der Waals surface area contributed by atoms with E-state index in [4.69, 9.17) is 4.74 Å². The number of carbonyl (C=O) groups is 1. The van der Waals surface area contributed by atoms with Crippen molar-refractivity contribution in [3.8, 4) is 0 Å². The van der Waals surface area contributed by atoms with Crippen LogP contribution in [0.15, 0.2) is 0 Å². The lowest BCUT2D eigenvalue weighted by atomic mass is 9.79. The average Bonchev–Trinajstić information content (AvgIpc) is 2.29. The van der Waals surface area contributed by atoms with Gasteiger partial charge in [0.15, 0.2) is 0 Å². The van der Waals surface area contributed by atoms with Crippen molar-refractivity contribution in [2.24, 2.45) is 0 Å². The normalized spacial score (nSPS) is 27.8. The van der Waals surface area contributed by atoms with Gasteiger partial charge in [-0.15, -0.1) is 0 Å². The third-order valence-electron chi connectivity index (χ3n) is 5.40. The van der Waals surface area contributed by atoms with Crippen molar-refractivity contribution in [1.29, 1.82) is 0 Å². The fraction of sp³-hybridized carbons (Fsp3) is 0.952. The maximum atomic E-state index is 12.3. The second-order valence-electron chi connectivity index (χ2n) is 11.1. The number of ether oxygens (including phenoxy) is 1. The average molecular weight is 368 g/mol. The van der Waals surface area contributed by atoms with Crippen LogP contribution in [0.5, 0.6) is 0 Å². The molecule has 0 unspecified atom stereocenters. The molecule has 2 fully saturated rings. The zero-order chi connectivity index (χ0) is 19.8. The maximum Gasteiger partial charge on any atom is 0.307 e. The summed E-state index contributed by atoms with van der Waals surface area (Å²) in [6.45, 7) is 18.4. The minimum Gasteiger partial charge on any atom is -0.462 e. The molecule has 2 aliphatic heterocycles. The molecular formula is C21H41N3O2. The molecule has 0 atom stereocenters. The standard InChI is InChI=1S/C21H41N3O2/c1-18(2)11-15(12-19(3,4)23-18)22-10-9-17(25)26-16-13-20(5,6)24-21(7,8)14-16/h15-16,22-24H,9-14H2,1-8H3. The molecule has 0 aromatic rings. The molecule has 2 saturated heterocycles. The van der Waals surface area contributed by atoms with Crippen LogP contribution in [-0.4, -0.2) is 46.8 Å². The molecule has 2 aliphatic rings. The zero-order valence-electron chi connectivity index (χ0n) is 18.2. The van der Waals surface area contributed by atoms with E-state index < -0.39 is 0 Å². The number of carbonyl (C=O) groups excluding carboxylic acids is 1. The lowest BCUT2D eigenvalue weighted by Gasteiger charge is -2.47. The summed E-state index contributed by atoms with van der Waals surface area (Å²) in [7, 11) is 0. The quantitative estimate of drug-likeness (QED) is 0.652. The van der Waals surface area contributed by atoms with Crippen molar-refractivity contribution >= 4 is 5.97 Å². The van der Waals surface area contributed by atoms with Crippen LogP contribution in [-0.2, 0) is 9.53 Å². The predicted octanol–water partition coefficient (Wildman–Crippen LogP) is 3.13. The molecule has 5 heteroatoms. The van der Waals surface area contributed by atoms with Gasteiger partial charge in [0.1, 0.15) is 6.10 Å². The Morgan fingerprint density at radius 3 is 1.73 bits per heavy atom. The molecule has 0 saturated carbocycles. The van der Waals surface area contributed by atoms with Crippen molar-refractivity contribution in [2.45, 2.75) is 122 Å². The number of esters is 1. The van der Waals surface area contributed by atoms with Crippen molar-refractivity contribution in [3.63, 3.8) is 0 Å². The highest BCUT2D eigenvalue weighted by Gasteiger charge is 2.40. The molecule has 0 bridgehead atoms. The molecule has 152 valence electrons. The maximum absolute atomic E-state index is 12.3. The Kier molecular flexibility index (Phi) is 6.16. The number of nitrogens with one attached hydrogen (secondary N) is 3. The highest BCUT2D eigenvalue weighted by atomic mass is 16.5. The fourth-order valence-electron chi connectivity index (χ4n) is 5.40. The van der Waals surface area contributed by atoms with Gasteiger partial charge in [-0.3, -0.25) is 4.79 Å². The molecule has 0 aromatic heterocycles. The summed E-state index contributed by atoms with van der Waals surface area (Å²) in [5.41, 5.74) is 0.229. The highest BCUT2D eigenvalue weighted by Crippen LogP contribution is 2.31. The van der Waals surface area contributed by atoms with Crippen LogP contribution in [0.3, 0.4) is 0 Å². The van der Waals surface area contributed by atoms with E-state index in [-0.39, 0.29) is 34.2 Å². The van der Waals surface area contributed by atoms with Gasteiger partial charge in [-0.25, -0.2) is 0 Å². The van der Waals surface area contributed by atoms with E-state index in [1.165, 1.54) is 0 Å². The van der Waals surface area contributed by atoms with Crippen LogP contribution in [0.1, 0.15) is 87.5 Å². The Balaban J connectivity index is 1.77. The Morgan fingerprint density at radius 2 is 1.27 bits per heavy atom. The van der Waals surface area contributed by atoms with E-state index in [0.29, 0.717) is 19.0 Å². The molecule has 5 nitrogen and oxygen atoms in total. The molecule has 2 heterocycles. The molecule has 3 N–H and O–H groups in total. The molecule has 0 spiro atoms. The van der Waals surface area contributed by atoms with Crippen LogP contribution in [0.2, 0.25) is 0 Å². The van der Waals surface area contributed by atoms with Gasteiger partial charge >= 0.3 is 5.97 Å². The van der Waals surface area contributed by atoms with Crippen LogP contribution >= 0.6 is 0 Å². The zero-order valence-corrected chi connectivity index (χ0v) is 18.2. The summed E-state index contributed by atoms with van der Waals surface area (Å²) in [4.78, 5) is 12.3. The highest BCUT2D eigenvalue weighted by molar-refractivity contribution is 5.69. The smallest absolute Gasteiger partial charge is 0.307 e. The van der Waals surface area contributed by atoms with Gasteiger partial charge in [-0.1, -0.05) is 0 Å². The fourth-order valence-corrected chi connectivity index (χ4v) is 5.40. The first-order valence-corrected chi connectivity index (χ1v) is 10.2. The second-order valence-corrected chi connectivity index (χ2v) is 11.1. The summed E-state index contributed by atoms with van der Waals surface area (Å²) in [6, 6.07) is 0.436. The van der Waals surface area contributed by atoms with Crippen molar-refractivity contribution < 1.29 is 9.53 Å². The Morgan fingerprint density at radius 1 is 0.846 bits per heavy atom. The van der Waals surface area contributed by atoms with Crippen molar-refractivity contribution in [2.75, 3.05) is 6.54 Å². The van der Waals surface area contributed by atoms with E-state index in [2.05, 4.69) is 71.3 Å². The Bertz CT molecular complexity index is 479. The minimum atomic E-state index is -0.0801. The van der Waals surface area contributed by atoms with E-state index in [0.717, 1.165) is 25.7 Å². The Labute approximate surface area is 160 Å². The van der Waals surface area contributed by atoms with Crippen molar-refractivity contribution in [3.05, 3.63) is 0 Å². The van der Waals surface area contributed by atoms with Gasteiger partial charge in [0.25, 0.3) is 0 Å². The van der Waals surface area contributed by atoms with E-state index in [1.54, 1.807) is 0 Å². The van der Waals surface area contributed by atoms with E-state index in [1.807, 2.05) is 0 Å². The number of rotatable bonds is 5. The third-order valence-corrected chi connectivity index (χ3v) is 5.40. The Hall–Kier alpha value is -0.650. The lowest BCUT2D eigenvalue weighted by molar-refractivity contribution is -0.153. The molecule has 2 rings (SSSR count). The predicted molar refractivity (Wildman–Crippen MR) is 107 cm³/mol. The van der Waals surface area contributed by atoms with Gasteiger partial charge in [0.2, 0.25) is 0 Å². The second kappa shape index (κ2) is 7.40. The van der Waals surface area contributed by atoms with Gasteiger partial charge < -0.3 is 20.7 Å². The molecule has 0 radical (unpaired) electrons. The number of piperidine rings is 2. The number of hydrogen-bond acceptors (Lipinski definition) is 5. The molecular weight excluding hydrogens is 326 g/mol. The number of hydrogen-bond donors (Lipinski definition) is 3. The van der Waals surface area contributed by atoms with Gasteiger partial charge in [0.05, 0.1) is 6.42 Å². The first kappa shape index (κ1) is 21.6. The minimum absolute atomic E-state index is 0.00277. The summed E-state index contributed by atoms with van der Waals surface area (Å²) >= 11 is 0. The van der Waals surface area contributed by atoms with Crippen molar-refractivity contribution in [1.82, 2.24) is 16.0 Å². The summed E-state index contributed by atoms with van der Waals surface area (Å²) in [5, 5.41) is 10.9. The molecule has 0 amide bonds. The first-order valence-electron chi connectivity index (χ1n) is 10.2. The molecule has 0 aliphatic carbocycles. The summed E-state index contributed by atoms with van der Waals surface area (Å²) in [5.74, 6) is -0.0801. The largest absolute Gasteiger partial charge is 0.462 e. The van der Waals surface area contributed by atoms with Gasteiger partial charge in [-0.05, 0) is 68.2 Å². The van der Waals surface area contributed by atoms with Gasteiger partial charge in [-0.2, -0.15) is 0 Å². The summed E-state index contributed by atoms with van der Waals surface area (Å²) < 4.78 is 5.80.